The highest BCUT2D eigenvalue weighted by atomic mass is 16.5. The number of allylic oxidation sites excluding steroid dienone is 4. The highest BCUT2D eigenvalue weighted by molar-refractivity contribution is 5.22. The molecule has 3 heteroatoms. The molecule has 0 atom stereocenters. The van der Waals surface area contributed by atoms with Crippen molar-refractivity contribution in [3.63, 3.8) is 0 Å². The van der Waals surface area contributed by atoms with Crippen LogP contribution in [-0.4, -0.2) is 21.7 Å². The van der Waals surface area contributed by atoms with E-state index in [0.717, 1.165) is 32.1 Å². The molecule has 0 saturated carbocycles. The van der Waals surface area contributed by atoms with Crippen molar-refractivity contribution >= 4 is 0 Å². The van der Waals surface area contributed by atoms with Crippen LogP contribution in [-0.2, 0) is 0 Å². The summed E-state index contributed by atoms with van der Waals surface area (Å²) in [4.78, 5) is 0. The van der Waals surface area contributed by atoms with Crippen LogP contribution in [0.4, 0.5) is 0 Å². The van der Waals surface area contributed by atoms with Crippen molar-refractivity contribution in [2.24, 2.45) is 5.41 Å². The maximum atomic E-state index is 9.58. The van der Waals surface area contributed by atoms with E-state index in [4.69, 9.17) is 6.42 Å². The first-order valence-electron chi connectivity index (χ1n) is 7.63. The smallest absolute Gasteiger partial charge is 0.291 e. The molecule has 0 aromatic heterocycles. The standard InChI is InChI=1S/C18H29NO2/c1-6-18(20,21)19-17(4,5)14-16(2,3)13-12-15-10-8-7-9-11-15/h1,8,10-11,19-21H,7,9,12-14H2,2-5H3. The predicted molar refractivity (Wildman–Crippen MR) is 87.3 cm³/mol. The highest BCUT2D eigenvalue weighted by Crippen LogP contribution is 2.34. The Balaban J connectivity index is 2.56. The van der Waals surface area contributed by atoms with Gasteiger partial charge in [-0.2, -0.15) is 0 Å². The van der Waals surface area contributed by atoms with E-state index in [1.165, 1.54) is 5.57 Å². The van der Waals surface area contributed by atoms with Gasteiger partial charge in [-0.1, -0.05) is 37.6 Å². The fourth-order valence-electron chi connectivity index (χ4n) is 3.17. The molecule has 0 aromatic carbocycles. The van der Waals surface area contributed by atoms with Crippen molar-refractivity contribution in [1.82, 2.24) is 5.32 Å². The minimum absolute atomic E-state index is 0.0767. The minimum atomic E-state index is -2.26. The molecule has 0 aromatic rings. The molecule has 3 N–H and O–H groups in total. The maximum Gasteiger partial charge on any atom is 0.291 e. The predicted octanol–water partition coefficient (Wildman–Crippen LogP) is 3.10. The molecule has 0 spiro atoms. The molecule has 1 aliphatic rings. The van der Waals surface area contributed by atoms with Gasteiger partial charge in [0.1, 0.15) is 0 Å². The molecule has 21 heavy (non-hydrogen) atoms. The van der Waals surface area contributed by atoms with E-state index in [1.54, 1.807) is 0 Å². The zero-order valence-electron chi connectivity index (χ0n) is 13.7. The Kier molecular flexibility index (Phi) is 5.81. The summed E-state index contributed by atoms with van der Waals surface area (Å²) < 4.78 is 0. The minimum Gasteiger partial charge on any atom is -0.343 e. The normalized spacial score (nSPS) is 16.5. The molecular formula is C18H29NO2. The molecule has 0 heterocycles. The summed E-state index contributed by atoms with van der Waals surface area (Å²) in [7, 11) is 0. The summed E-state index contributed by atoms with van der Waals surface area (Å²) >= 11 is 0. The van der Waals surface area contributed by atoms with Crippen LogP contribution in [0.3, 0.4) is 0 Å². The second-order valence-electron chi connectivity index (χ2n) is 7.43. The lowest BCUT2D eigenvalue weighted by atomic mass is 9.76. The van der Waals surface area contributed by atoms with Gasteiger partial charge in [-0.3, -0.25) is 5.32 Å². The van der Waals surface area contributed by atoms with Gasteiger partial charge in [-0.05, 0) is 57.3 Å². The fraction of sp³-hybridized carbons (Fsp3) is 0.667. The number of hydrogen-bond acceptors (Lipinski definition) is 3. The van der Waals surface area contributed by atoms with Crippen molar-refractivity contribution in [2.45, 2.75) is 71.2 Å². The molecule has 0 radical (unpaired) electrons. The highest BCUT2D eigenvalue weighted by Gasteiger charge is 2.34. The Morgan fingerprint density at radius 2 is 1.90 bits per heavy atom. The van der Waals surface area contributed by atoms with Crippen molar-refractivity contribution in [1.29, 1.82) is 0 Å². The van der Waals surface area contributed by atoms with Crippen LogP contribution in [0, 0.1) is 17.8 Å². The van der Waals surface area contributed by atoms with E-state index in [9.17, 15) is 10.2 Å². The van der Waals surface area contributed by atoms with E-state index in [1.807, 2.05) is 19.8 Å². The van der Waals surface area contributed by atoms with Crippen molar-refractivity contribution in [2.75, 3.05) is 0 Å². The second kappa shape index (κ2) is 6.79. The Labute approximate surface area is 129 Å². The summed E-state index contributed by atoms with van der Waals surface area (Å²) in [6.07, 6.45) is 17.0. The van der Waals surface area contributed by atoms with Gasteiger partial charge in [0, 0.05) is 5.54 Å². The third kappa shape index (κ3) is 6.95. The van der Waals surface area contributed by atoms with Crippen LogP contribution in [0.1, 0.15) is 59.8 Å². The van der Waals surface area contributed by atoms with Crippen LogP contribution in [0.25, 0.3) is 0 Å². The molecule has 1 rings (SSSR count). The van der Waals surface area contributed by atoms with E-state index in [2.05, 4.69) is 37.4 Å². The number of aliphatic hydroxyl groups is 2. The van der Waals surface area contributed by atoms with Gasteiger partial charge in [0.15, 0.2) is 0 Å². The van der Waals surface area contributed by atoms with E-state index < -0.39 is 11.4 Å². The summed E-state index contributed by atoms with van der Waals surface area (Å²) in [6.45, 7) is 8.28. The summed E-state index contributed by atoms with van der Waals surface area (Å²) in [5.41, 5.74) is 1.02. The van der Waals surface area contributed by atoms with Gasteiger partial charge in [0.25, 0.3) is 5.91 Å². The van der Waals surface area contributed by atoms with E-state index in [-0.39, 0.29) is 5.41 Å². The molecule has 0 amide bonds. The van der Waals surface area contributed by atoms with Gasteiger partial charge in [-0.15, -0.1) is 6.42 Å². The van der Waals surface area contributed by atoms with E-state index >= 15 is 0 Å². The van der Waals surface area contributed by atoms with Crippen molar-refractivity contribution in [3.8, 4) is 12.3 Å². The van der Waals surface area contributed by atoms with Gasteiger partial charge < -0.3 is 10.2 Å². The van der Waals surface area contributed by atoms with Gasteiger partial charge in [0.05, 0.1) is 0 Å². The third-order valence-electron chi connectivity index (χ3n) is 3.80. The first kappa shape index (κ1) is 18.0. The molecule has 0 bridgehead atoms. The largest absolute Gasteiger partial charge is 0.343 e. The Bertz CT molecular complexity index is 450. The van der Waals surface area contributed by atoms with Crippen molar-refractivity contribution < 1.29 is 10.2 Å². The first-order chi connectivity index (χ1) is 9.55. The van der Waals surface area contributed by atoms with Gasteiger partial charge in [-0.25, -0.2) is 0 Å². The molecule has 0 unspecified atom stereocenters. The molecule has 3 nitrogen and oxygen atoms in total. The average Bonchev–Trinajstić information content (AvgIpc) is 2.35. The van der Waals surface area contributed by atoms with Crippen molar-refractivity contribution in [3.05, 3.63) is 23.8 Å². The third-order valence-corrected chi connectivity index (χ3v) is 3.80. The zero-order valence-corrected chi connectivity index (χ0v) is 13.7. The van der Waals surface area contributed by atoms with Crippen LogP contribution in [0.15, 0.2) is 23.8 Å². The summed E-state index contributed by atoms with van der Waals surface area (Å²) in [5, 5.41) is 21.9. The topological polar surface area (TPSA) is 52.5 Å². The maximum absolute atomic E-state index is 9.58. The number of terminal acetylenes is 1. The molecule has 118 valence electrons. The van der Waals surface area contributed by atoms with Gasteiger partial charge in [0.2, 0.25) is 0 Å². The monoisotopic (exact) mass is 291 g/mol. The summed E-state index contributed by atoms with van der Waals surface area (Å²) in [5.74, 6) is -0.307. The fourth-order valence-corrected chi connectivity index (χ4v) is 3.17. The number of nitrogens with one attached hydrogen (secondary N) is 1. The lowest BCUT2D eigenvalue weighted by molar-refractivity contribution is -0.152. The van der Waals surface area contributed by atoms with Crippen LogP contribution >= 0.6 is 0 Å². The molecular weight excluding hydrogens is 262 g/mol. The lowest BCUT2D eigenvalue weighted by Gasteiger charge is -2.38. The quantitative estimate of drug-likeness (QED) is 0.499. The van der Waals surface area contributed by atoms with Crippen LogP contribution < -0.4 is 5.32 Å². The number of rotatable bonds is 7. The average molecular weight is 291 g/mol. The molecule has 0 aliphatic heterocycles. The molecule has 0 saturated heterocycles. The Morgan fingerprint density at radius 3 is 2.43 bits per heavy atom. The Hall–Kier alpha value is -1.08. The number of hydrogen-bond donors (Lipinski definition) is 3. The molecule has 0 fully saturated rings. The van der Waals surface area contributed by atoms with Crippen LogP contribution in [0.5, 0.6) is 0 Å². The Morgan fingerprint density at radius 1 is 1.24 bits per heavy atom. The first-order valence-corrected chi connectivity index (χ1v) is 7.63. The lowest BCUT2D eigenvalue weighted by Crippen LogP contribution is -2.56. The molecule has 1 aliphatic carbocycles. The zero-order chi connectivity index (χ0) is 16.1. The van der Waals surface area contributed by atoms with Crippen LogP contribution in [0.2, 0.25) is 0 Å². The summed E-state index contributed by atoms with van der Waals surface area (Å²) in [6, 6.07) is 0. The van der Waals surface area contributed by atoms with E-state index in [0.29, 0.717) is 0 Å². The SMILES string of the molecule is C#CC(O)(O)NC(C)(C)CC(C)(C)CCC1=CCCC=C1. The second-order valence-corrected chi connectivity index (χ2v) is 7.43. The van der Waals surface area contributed by atoms with Gasteiger partial charge >= 0.3 is 0 Å².